The van der Waals surface area contributed by atoms with E-state index in [1.807, 2.05) is 0 Å². The van der Waals surface area contributed by atoms with Crippen LogP contribution < -0.4 is 11.2 Å². The normalized spacial score (nSPS) is 33.0. The first-order valence-electron chi connectivity index (χ1n) is 6.27. The lowest BCUT2D eigenvalue weighted by atomic mass is 9.90. The molecule has 0 aromatic rings. The molecule has 1 fully saturated rings. The van der Waals surface area contributed by atoms with Crippen LogP contribution in [0.2, 0.25) is 0 Å². The summed E-state index contributed by atoms with van der Waals surface area (Å²) in [6.45, 7) is 3.06. The number of rotatable bonds is 4. The Morgan fingerprint density at radius 2 is 2.07 bits per heavy atom. The van der Waals surface area contributed by atoms with Crippen LogP contribution in [0.4, 0.5) is 0 Å². The highest BCUT2D eigenvalue weighted by molar-refractivity contribution is 4.90. The van der Waals surface area contributed by atoms with Crippen molar-refractivity contribution >= 4 is 0 Å². The molecule has 3 heteroatoms. The minimum Gasteiger partial charge on any atom is -0.329 e. The summed E-state index contributed by atoms with van der Waals surface area (Å²) in [5, 5.41) is 2.05. The van der Waals surface area contributed by atoms with Crippen molar-refractivity contribution in [2.45, 2.75) is 51.0 Å². The van der Waals surface area contributed by atoms with E-state index >= 15 is 0 Å². The second-order valence-corrected chi connectivity index (χ2v) is 5.20. The van der Waals surface area contributed by atoms with E-state index in [9.17, 15) is 0 Å². The van der Waals surface area contributed by atoms with Crippen molar-refractivity contribution < 1.29 is 0 Å². The van der Waals surface area contributed by atoms with Gasteiger partial charge in [0.2, 0.25) is 0 Å². The number of hydrazine groups is 1. The first-order chi connectivity index (χ1) is 7.12. The lowest BCUT2D eigenvalue weighted by molar-refractivity contribution is 0.144. The molecular formula is C12H27N3. The van der Waals surface area contributed by atoms with Crippen molar-refractivity contribution in [2.75, 3.05) is 20.6 Å². The maximum atomic E-state index is 5.95. The molecule has 1 rings (SSSR count). The lowest BCUT2D eigenvalue weighted by Gasteiger charge is -2.35. The predicted octanol–water partition coefficient (Wildman–Crippen LogP) is 1.74. The van der Waals surface area contributed by atoms with Crippen molar-refractivity contribution in [1.82, 2.24) is 10.4 Å². The molecule has 1 aliphatic carbocycles. The maximum absolute atomic E-state index is 5.95. The minimum absolute atomic E-state index is 0.160. The molecule has 0 aromatic carbocycles. The molecule has 0 spiro atoms. The van der Waals surface area contributed by atoms with E-state index in [2.05, 4.69) is 31.5 Å². The van der Waals surface area contributed by atoms with Crippen LogP contribution in [0.3, 0.4) is 0 Å². The van der Waals surface area contributed by atoms with Crippen LogP contribution in [-0.2, 0) is 0 Å². The fourth-order valence-electron chi connectivity index (χ4n) is 2.72. The zero-order valence-electron chi connectivity index (χ0n) is 10.6. The lowest BCUT2D eigenvalue weighted by Crippen LogP contribution is -2.55. The second-order valence-electron chi connectivity index (χ2n) is 5.20. The molecule has 3 N–H and O–H groups in total. The fraction of sp³-hybridized carbons (Fsp3) is 1.00. The summed E-state index contributed by atoms with van der Waals surface area (Å²) in [6.07, 6.45) is 7.79. The third-order valence-corrected chi connectivity index (χ3v) is 3.73. The van der Waals surface area contributed by atoms with Crippen LogP contribution in [-0.4, -0.2) is 31.2 Å². The van der Waals surface area contributed by atoms with Gasteiger partial charge >= 0.3 is 0 Å². The third kappa shape index (κ3) is 3.74. The molecule has 0 bridgehead atoms. The summed E-state index contributed by atoms with van der Waals surface area (Å²) in [5.41, 5.74) is 9.65. The zero-order valence-corrected chi connectivity index (χ0v) is 10.6. The van der Waals surface area contributed by atoms with Crippen molar-refractivity contribution in [3.05, 3.63) is 0 Å². The summed E-state index contributed by atoms with van der Waals surface area (Å²) in [6, 6.07) is 0. The van der Waals surface area contributed by atoms with Gasteiger partial charge in [-0.3, -0.25) is 5.01 Å². The van der Waals surface area contributed by atoms with E-state index in [1.165, 1.54) is 38.5 Å². The smallest absolute Gasteiger partial charge is 0.0448 e. The third-order valence-electron chi connectivity index (χ3n) is 3.73. The molecule has 15 heavy (non-hydrogen) atoms. The van der Waals surface area contributed by atoms with Gasteiger partial charge in [0.05, 0.1) is 0 Å². The molecule has 90 valence electrons. The largest absolute Gasteiger partial charge is 0.329 e. The Labute approximate surface area is 94.4 Å². The van der Waals surface area contributed by atoms with E-state index in [1.54, 1.807) is 0 Å². The van der Waals surface area contributed by atoms with Crippen LogP contribution >= 0.6 is 0 Å². The molecular weight excluding hydrogens is 186 g/mol. The first-order valence-corrected chi connectivity index (χ1v) is 6.27. The zero-order chi connectivity index (χ0) is 11.3. The van der Waals surface area contributed by atoms with Crippen LogP contribution in [0.15, 0.2) is 0 Å². The molecule has 0 heterocycles. The molecule has 2 unspecified atom stereocenters. The summed E-state index contributed by atoms with van der Waals surface area (Å²) in [4.78, 5) is 0. The van der Waals surface area contributed by atoms with Gasteiger partial charge in [-0.1, -0.05) is 26.2 Å². The van der Waals surface area contributed by atoms with Crippen LogP contribution in [0.5, 0.6) is 0 Å². The van der Waals surface area contributed by atoms with Crippen molar-refractivity contribution in [2.24, 2.45) is 11.7 Å². The molecule has 0 aliphatic heterocycles. The van der Waals surface area contributed by atoms with E-state index in [0.29, 0.717) is 0 Å². The molecule has 1 aliphatic rings. The van der Waals surface area contributed by atoms with E-state index < -0.39 is 0 Å². The summed E-state index contributed by atoms with van der Waals surface area (Å²) in [7, 11) is 4.11. The Balaban J connectivity index is 2.57. The van der Waals surface area contributed by atoms with Crippen molar-refractivity contribution in [1.29, 1.82) is 0 Å². The molecule has 0 radical (unpaired) electrons. The second kappa shape index (κ2) is 5.83. The molecule has 1 saturated carbocycles. The first kappa shape index (κ1) is 12.9. The van der Waals surface area contributed by atoms with Crippen LogP contribution in [0, 0.1) is 5.92 Å². The quantitative estimate of drug-likeness (QED) is 0.552. The van der Waals surface area contributed by atoms with Gasteiger partial charge in [-0.2, -0.15) is 0 Å². The molecule has 0 saturated heterocycles. The van der Waals surface area contributed by atoms with Gasteiger partial charge in [0, 0.05) is 26.2 Å². The van der Waals surface area contributed by atoms with Crippen molar-refractivity contribution in [3.63, 3.8) is 0 Å². The van der Waals surface area contributed by atoms with E-state index in [0.717, 1.165) is 12.5 Å². The highest BCUT2D eigenvalue weighted by Gasteiger charge is 2.31. The van der Waals surface area contributed by atoms with E-state index in [4.69, 9.17) is 5.73 Å². The summed E-state index contributed by atoms with van der Waals surface area (Å²) >= 11 is 0. The Morgan fingerprint density at radius 3 is 2.60 bits per heavy atom. The molecule has 2 atom stereocenters. The van der Waals surface area contributed by atoms with Gasteiger partial charge < -0.3 is 5.73 Å². The van der Waals surface area contributed by atoms with E-state index in [-0.39, 0.29) is 5.54 Å². The Morgan fingerprint density at radius 1 is 1.33 bits per heavy atom. The van der Waals surface area contributed by atoms with Gasteiger partial charge in [0.1, 0.15) is 0 Å². The molecule has 0 amide bonds. The number of nitrogens with two attached hydrogens (primary N) is 1. The fourth-order valence-corrected chi connectivity index (χ4v) is 2.72. The van der Waals surface area contributed by atoms with Gasteiger partial charge in [0.15, 0.2) is 0 Å². The summed E-state index contributed by atoms with van der Waals surface area (Å²) in [5.74, 6) is 0.919. The number of nitrogens with one attached hydrogen (secondary N) is 1. The maximum Gasteiger partial charge on any atom is 0.0448 e. The highest BCUT2D eigenvalue weighted by atomic mass is 15.5. The van der Waals surface area contributed by atoms with Crippen LogP contribution in [0.1, 0.15) is 45.4 Å². The minimum atomic E-state index is 0.160. The Kier molecular flexibility index (Phi) is 5.03. The number of nitrogens with zero attached hydrogens (tertiary/aromatic N) is 1. The average Bonchev–Trinajstić information content (AvgIpc) is 2.40. The van der Waals surface area contributed by atoms with Gasteiger partial charge in [-0.25, -0.2) is 5.43 Å². The Hall–Kier alpha value is -0.120. The number of hydrogen-bond acceptors (Lipinski definition) is 3. The van der Waals surface area contributed by atoms with Gasteiger partial charge in [-0.05, 0) is 25.2 Å². The Bertz CT molecular complexity index is 182. The SMILES string of the molecule is CCC1CCCC(CN)(NN(C)C)CC1. The van der Waals surface area contributed by atoms with Gasteiger partial charge in [0.25, 0.3) is 0 Å². The van der Waals surface area contributed by atoms with Gasteiger partial charge in [-0.15, -0.1) is 0 Å². The average molecular weight is 213 g/mol. The monoisotopic (exact) mass is 213 g/mol. The molecule has 0 aromatic heterocycles. The molecule has 3 nitrogen and oxygen atoms in total. The summed E-state index contributed by atoms with van der Waals surface area (Å²) < 4.78 is 0. The number of hydrogen-bond donors (Lipinski definition) is 2. The standard InChI is InChI=1S/C12H27N3/c1-4-11-6-5-8-12(10-13,9-7-11)14-15(2)3/h11,14H,4-10,13H2,1-3H3. The topological polar surface area (TPSA) is 41.3 Å². The van der Waals surface area contributed by atoms with Crippen LogP contribution in [0.25, 0.3) is 0 Å². The predicted molar refractivity (Wildman–Crippen MR) is 65.5 cm³/mol. The highest BCUT2D eigenvalue weighted by Crippen LogP contribution is 2.31. The van der Waals surface area contributed by atoms with Crippen molar-refractivity contribution in [3.8, 4) is 0 Å².